The molecule has 5 nitrogen and oxygen atoms in total. The summed E-state index contributed by atoms with van der Waals surface area (Å²) in [5, 5.41) is 12.8. The van der Waals surface area contributed by atoms with Gasteiger partial charge in [-0.2, -0.15) is 4.74 Å². The van der Waals surface area contributed by atoms with Gasteiger partial charge >= 0.3 is 0 Å². The van der Waals surface area contributed by atoms with Crippen molar-refractivity contribution in [3.05, 3.63) is 40.3 Å². The van der Waals surface area contributed by atoms with Crippen molar-refractivity contribution >= 4 is 11.5 Å². The summed E-state index contributed by atoms with van der Waals surface area (Å²) >= 11 is 0. The van der Waals surface area contributed by atoms with Gasteiger partial charge in [0.2, 0.25) is 5.71 Å². The molecule has 0 aromatic rings. The Labute approximate surface area is 124 Å². The van der Waals surface area contributed by atoms with Gasteiger partial charge in [-0.1, -0.05) is 0 Å². The molecule has 0 spiro atoms. The molecule has 5 heteroatoms. The number of ether oxygens (including phenoxy) is 1. The maximum atomic E-state index is 12.8. The Morgan fingerprint density at radius 2 is 1.95 bits per heavy atom. The summed E-state index contributed by atoms with van der Waals surface area (Å²) in [6.07, 6.45) is 5.06. The van der Waals surface area contributed by atoms with Gasteiger partial charge in [-0.25, -0.2) is 0 Å². The Morgan fingerprint density at radius 1 is 1.29 bits per heavy atom. The van der Waals surface area contributed by atoms with E-state index in [9.17, 15) is 10.0 Å². The molecule has 3 aliphatic rings. The van der Waals surface area contributed by atoms with Crippen LogP contribution in [-0.2, 0) is 9.53 Å². The van der Waals surface area contributed by atoms with Crippen molar-refractivity contribution < 1.29 is 14.3 Å². The lowest BCUT2D eigenvalue weighted by molar-refractivity contribution is -0.526. The van der Waals surface area contributed by atoms with Gasteiger partial charge in [0.25, 0.3) is 0 Å². The molecule has 0 saturated carbocycles. The highest BCUT2D eigenvalue weighted by Gasteiger charge is 2.40. The molecule has 1 saturated heterocycles. The van der Waals surface area contributed by atoms with Crippen molar-refractivity contribution in [1.82, 2.24) is 4.90 Å². The minimum absolute atomic E-state index is 0.0592. The number of carbonyl (C=O) groups excluding carboxylic acids is 1. The highest BCUT2D eigenvalue weighted by atomic mass is 16.5. The van der Waals surface area contributed by atoms with Crippen LogP contribution in [0.3, 0.4) is 0 Å². The summed E-state index contributed by atoms with van der Waals surface area (Å²) in [5.74, 6) is -0.0592. The smallest absolute Gasteiger partial charge is 0.243 e. The molecule has 0 atom stereocenters. The zero-order chi connectivity index (χ0) is 15.2. The zero-order valence-corrected chi connectivity index (χ0v) is 12.7. The molecule has 2 heterocycles. The van der Waals surface area contributed by atoms with Gasteiger partial charge in [0.05, 0.1) is 18.8 Å². The second-order valence-electron chi connectivity index (χ2n) is 6.21. The Morgan fingerprint density at radius 3 is 2.62 bits per heavy atom. The monoisotopic (exact) mass is 288 g/mol. The Balaban J connectivity index is 2.11. The summed E-state index contributed by atoms with van der Waals surface area (Å²) < 4.78 is 6.39. The molecular formula is C16H20N2O3. The molecule has 0 amide bonds. The van der Waals surface area contributed by atoms with E-state index >= 15 is 0 Å². The number of fused-ring (bicyclic) bond motifs is 1. The largest absolute Gasteiger partial charge is 0.623 e. The molecule has 112 valence electrons. The molecule has 0 aromatic carbocycles. The fourth-order valence-electron chi connectivity index (χ4n) is 3.11. The molecule has 0 unspecified atom stereocenters. The first kappa shape index (κ1) is 14.1. The molecule has 0 aromatic heterocycles. The number of hydrogen-bond donors (Lipinski definition) is 0. The molecule has 2 aliphatic heterocycles. The van der Waals surface area contributed by atoms with Crippen LogP contribution in [0, 0.1) is 5.21 Å². The topological polar surface area (TPSA) is 55.6 Å². The van der Waals surface area contributed by atoms with Gasteiger partial charge in [-0.3, -0.25) is 4.79 Å². The van der Waals surface area contributed by atoms with Gasteiger partial charge in [0.15, 0.2) is 11.3 Å². The van der Waals surface area contributed by atoms with Crippen LogP contribution in [-0.4, -0.2) is 53.0 Å². The number of carbonyl (C=O) groups is 1. The van der Waals surface area contributed by atoms with Gasteiger partial charge in [0, 0.05) is 33.0 Å². The summed E-state index contributed by atoms with van der Waals surface area (Å²) in [5.41, 5.74) is 2.47. The van der Waals surface area contributed by atoms with E-state index in [1.807, 2.05) is 26.8 Å². The van der Waals surface area contributed by atoms with Crippen LogP contribution < -0.4 is 0 Å². The van der Waals surface area contributed by atoms with E-state index in [4.69, 9.17) is 4.74 Å². The summed E-state index contributed by atoms with van der Waals surface area (Å²) in [6.45, 7) is 8.38. The van der Waals surface area contributed by atoms with E-state index < -0.39 is 5.54 Å². The molecule has 3 rings (SSSR count). The zero-order valence-electron chi connectivity index (χ0n) is 12.7. The molecule has 1 aliphatic carbocycles. The van der Waals surface area contributed by atoms with Crippen molar-refractivity contribution in [1.29, 1.82) is 0 Å². The first-order valence-corrected chi connectivity index (χ1v) is 7.25. The minimum Gasteiger partial charge on any atom is -0.623 e. The highest BCUT2D eigenvalue weighted by molar-refractivity contribution is 6.22. The Hall–Kier alpha value is -1.88. The van der Waals surface area contributed by atoms with Crippen molar-refractivity contribution in [2.24, 2.45) is 0 Å². The average Bonchev–Trinajstić information content (AvgIpc) is 2.45. The molecule has 1 fully saturated rings. The molecule has 0 bridgehead atoms. The van der Waals surface area contributed by atoms with E-state index in [2.05, 4.69) is 4.90 Å². The quantitative estimate of drug-likeness (QED) is 0.416. The average molecular weight is 288 g/mol. The lowest BCUT2D eigenvalue weighted by Crippen LogP contribution is -2.46. The van der Waals surface area contributed by atoms with E-state index in [-0.39, 0.29) is 5.78 Å². The van der Waals surface area contributed by atoms with E-state index in [0.29, 0.717) is 32.0 Å². The third-order valence-corrected chi connectivity index (χ3v) is 4.14. The Kier molecular flexibility index (Phi) is 3.24. The fourth-order valence-corrected chi connectivity index (χ4v) is 3.11. The number of hydroxylamine groups is 1. The predicted octanol–water partition coefficient (Wildman–Crippen LogP) is 1.40. The second kappa shape index (κ2) is 4.84. The van der Waals surface area contributed by atoms with E-state index in [1.54, 1.807) is 12.2 Å². The Bertz CT molecular complexity index is 617. The van der Waals surface area contributed by atoms with E-state index in [0.717, 1.165) is 21.6 Å². The van der Waals surface area contributed by atoms with E-state index in [1.165, 1.54) is 0 Å². The second-order valence-corrected chi connectivity index (χ2v) is 6.21. The lowest BCUT2D eigenvalue weighted by atomic mass is 9.85. The molecule has 21 heavy (non-hydrogen) atoms. The number of hydrogen-bond acceptors (Lipinski definition) is 4. The van der Waals surface area contributed by atoms with Gasteiger partial charge in [-0.05, 0) is 24.6 Å². The van der Waals surface area contributed by atoms with Crippen molar-refractivity contribution in [2.75, 3.05) is 26.3 Å². The predicted molar refractivity (Wildman–Crippen MR) is 80.0 cm³/mol. The van der Waals surface area contributed by atoms with Crippen LogP contribution in [0.4, 0.5) is 0 Å². The highest BCUT2D eigenvalue weighted by Crippen LogP contribution is 2.31. The number of allylic oxidation sites excluding steroid dienone is 4. The normalized spacial score (nSPS) is 25.2. The first-order chi connectivity index (χ1) is 9.90. The maximum absolute atomic E-state index is 12.8. The van der Waals surface area contributed by atoms with Crippen LogP contribution in [0.5, 0.6) is 0 Å². The van der Waals surface area contributed by atoms with Crippen LogP contribution in [0.25, 0.3) is 0 Å². The van der Waals surface area contributed by atoms with Crippen LogP contribution >= 0.6 is 0 Å². The third kappa shape index (κ3) is 2.31. The SMILES string of the molecule is CC1=CC(C)(C)[N+]([O-])=C2C1=CC(=O)C=C2N1CCOCC1. The first-order valence-electron chi connectivity index (χ1n) is 7.25. The molecular weight excluding hydrogens is 268 g/mol. The number of ketones is 1. The van der Waals surface area contributed by atoms with Gasteiger partial charge in [0.1, 0.15) is 5.70 Å². The number of nitrogens with zero attached hydrogens (tertiary/aromatic N) is 2. The van der Waals surface area contributed by atoms with Crippen molar-refractivity contribution in [3.8, 4) is 0 Å². The van der Waals surface area contributed by atoms with Crippen LogP contribution in [0.2, 0.25) is 0 Å². The standard InChI is InChI=1S/C16H20N2O3/c1-11-10-16(2,3)18(20)15-13(11)8-12(19)9-14(15)17-4-6-21-7-5-17/h8-10H,4-7H2,1-3H3. The number of morpholine rings is 1. The van der Waals surface area contributed by atoms with Crippen LogP contribution in [0.1, 0.15) is 20.8 Å². The maximum Gasteiger partial charge on any atom is 0.243 e. The minimum atomic E-state index is -0.609. The third-order valence-electron chi connectivity index (χ3n) is 4.14. The number of rotatable bonds is 1. The summed E-state index contributed by atoms with van der Waals surface area (Å²) in [4.78, 5) is 14.1. The molecule has 0 N–H and O–H groups in total. The summed E-state index contributed by atoms with van der Waals surface area (Å²) in [6, 6.07) is 0. The van der Waals surface area contributed by atoms with Gasteiger partial charge < -0.3 is 14.8 Å². The summed E-state index contributed by atoms with van der Waals surface area (Å²) in [7, 11) is 0. The lowest BCUT2D eigenvalue weighted by Gasteiger charge is -2.36. The fraction of sp³-hybridized carbons (Fsp3) is 0.500. The van der Waals surface area contributed by atoms with Crippen molar-refractivity contribution in [2.45, 2.75) is 26.3 Å². The van der Waals surface area contributed by atoms with Crippen LogP contribution in [0.15, 0.2) is 35.1 Å². The van der Waals surface area contributed by atoms with Gasteiger partial charge in [-0.15, -0.1) is 0 Å². The van der Waals surface area contributed by atoms with Crippen molar-refractivity contribution in [3.63, 3.8) is 0 Å². The molecule has 0 radical (unpaired) electrons.